The fourth-order valence-electron chi connectivity index (χ4n) is 1.24. The summed E-state index contributed by atoms with van der Waals surface area (Å²) in [6.45, 7) is 6.14. The minimum atomic E-state index is -0.154. The van der Waals surface area contributed by atoms with E-state index in [0.717, 1.165) is 6.42 Å². The van der Waals surface area contributed by atoms with E-state index in [4.69, 9.17) is 5.73 Å². The molecule has 16 heavy (non-hydrogen) atoms. The molecule has 1 heterocycles. The molecule has 1 amide bonds. The zero-order valence-electron chi connectivity index (χ0n) is 10.3. The van der Waals surface area contributed by atoms with Crippen molar-refractivity contribution in [1.29, 1.82) is 0 Å². The van der Waals surface area contributed by atoms with Gasteiger partial charge >= 0.3 is 0 Å². The van der Waals surface area contributed by atoms with Crippen molar-refractivity contribution in [2.24, 2.45) is 0 Å². The summed E-state index contributed by atoms with van der Waals surface area (Å²) in [7, 11) is 1.81. The normalized spacial score (nSPS) is 11.2. The first kappa shape index (κ1) is 12.5. The van der Waals surface area contributed by atoms with Crippen molar-refractivity contribution in [2.45, 2.75) is 32.7 Å². The third kappa shape index (κ3) is 2.51. The smallest absolute Gasteiger partial charge is 0.255 e. The summed E-state index contributed by atoms with van der Waals surface area (Å²) in [5.74, 6) is 0.397. The Morgan fingerprint density at radius 3 is 2.56 bits per heavy atom. The molecule has 88 valence electrons. The lowest BCUT2D eigenvalue weighted by atomic mass is 9.99. The molecule has 1 aromatic rings. The molecule has 0 unspecified atom stereocenters. The molecule has 2 N–H and O–H groups in total. The van der Waals surface area contributed by atoms with Crippen molar-refractivity contribution >= 4 is 11.7 Å². The number of amides is 1. The fraction of sp³-hybridized carbons (Fsp3) is 0.500. The molecule has 0 radical (unpaired) electrons. The molecule has 4 nitrogen and oxygen atoms in total. The van der Waals surface area contributed by atoms with Crippen molar-refractivity contribution in [1.82, 2.24) is 9.88 Å². The molecule has 0 spiro atoms. The van der Waals surface area contributed by atoms with Gasteiger partial charge in [-0.3, -0.25) is 4.79 Å². The zero-order chi connectivity index (χ0) is 12.3. The highest BCUT2D eigenvalue weighted by Crippen LogP contribution is 2.19. The van der Waals surface area contributed by atoms with Gasteiger partial charge in [-0.15, -0.1) is 0 Å². The van der Waals surface area contributed by atoms with Crippen LogP contribution in [0.1, 0.15) is 37.6 Å². The quantitative estimate of drug-likeness (QED) is 0.848. The standard InChI is InChI=1S/C12H19N3O/c1-5-12(2,3)15(4)11(16)9-6-7-10(13)14-8-9/h6-8H,5H2,1-4H3,(H2,13,14). The predicted molar refractivity (Wildman–Crippen MR) is 65.1 cm³/mol. The minimum absolute atomic E-state index is 0.0284. The lowest BCUT2D eigenvalue weighted by Gasteiger charge is -2.34. The Morgan fingerprint density at radius 2 is 2.12 bits per heavy atom. The summed E-state index contributed by atoms with van der Waals surface area (Å²) >= 11 is 0. The molecule has 4 heteroatoms. The van der Waals surface area contributed by atoms with Gasteiger partial charge in [0.2, 0.25) is 0 Å². The van der Waals surface area contributed by atoms with Crippen LogP contribution in [0.2, 0.25) is 0 Å². The number of anilines is 1. The first-order valence-electron chi connectivity index (χ1n) is 5.38. The lowest BCUT2D eigenvalue weighted by Crippen LogP contribution is -2.44. The average Bonchev–Trinajstić information content (AvgIpc) is 2.28. The Kier molecular flexibility index (Phi) is 3.52. The summed E-state index contributed by atoms with van der Waals surface area (Å²) in [4.78, 5) is 17.8. The molecular formula is C12H19N3O. The van der Waals surface area contributed by atoms with Gasteiger partial charge in [0.25, 0.3) is 5.91 Å². The topological polar surface area (TPSA) is 59.2 Å². The predicted octanol–water partition coefficient (Wildman–Crippen LogP) is 1.92. The highest BCUT2D eigenvalue weighted by Gasteiger charge is 2.26. The van der Waals surface area contributed by atoms with Crippen LogP contribution in [0, 0.1) is 0 Å². The van der Waals surface area contributed by atoms with E-state index in [0.29, 0.717) is 11.4 Å². The van der Waals surface area contributed by atoms with Gasteiger partial charge in [0, 0.05) is 18.8 Å². The van der Waals surface area contributed by atoms with Crippen LogP contribution in [0.5, 0.6) is 0 Å². The molecule has 0 aliphatic heterocycles. The number of nitrogens with two attached hydrogens (primary N) is 1. The number of nitrogen functional groups attached to an aromatic ring is 1. The third-order valence-corrected chi connectivity index (χ3v) is 3.11. The van der Waals surface area contributed by atoms with Gasteiger partial charge in [-0.2, -0.15) is 0 Å². The minimum Gasteiger partial charge on any atom is -0.384 e. The number of hydrogen-bond donors (Lipinski definition) is 1. The highest BCUT2D eigenvalue weighted by molar-refractivity contribution is 5.94. The molecule has 0 aliphatic rings. The molecule has 0 fully saturated rings. The van der Waals surface area contributed by atoms with Gasteiger partial charge < -0.3 is 10.6 Å². The maximum Gasteiger partial charge on any atom is 0.255 e. The number of rotatable bonds is 3. The monoisotopic (exact) mass is 221 g/mol. The first-order chi connectivity index (χ1) is 7.38. The zero-order valence-corrected chi connectivity index (χ0v) is 10.3. The van der Waals surface area contributed by atoms with Gasteiger partial charge in [0.05, 0.1) is 5.56 Å². The van der Waals surface area contributed by atoms with Crippen LogP contribution in [0.25, 0.3) is 0 Å². The second-order valence-corrected chi connectivity index (χ2v) is 4.50. The first-order valence-corrected chi connectivity index (χ1v) is 5.38. The Labute approximate surface area is 96.5 Å². The molecule has 1 aromatic heterocycles. The van der Waals surface area contributed by atoms with Crippen molar-refractivity contribution < 1.29 is 4.79 Å². The largest absolute Gasteiger partial charge is 0.384 e. The van der Waals surface area contributed by atoms with Crippen molar-refractivity contribution in [3.05, 3.63) is 23.9 Å². The molecule has 0 bridgehead atoms. The Hall–Kier alpha value is -1.58. The van der Waals surface area contributed by atoms with Crippen LogP contribution in [-0.4, -0.2) is 28.4 Å². The molecule has 0 aromatic carbocycles. The second kappa shape index (κ2) is 4.51. The maximum absolute atomic E-state index is 12.1. The van der Waals surface area contributed by atoms with E-state index in [2.05, 4.69) is 11.9 Å². The van der Waals surface area contributed by atoms with Gasteiger partial charge in [0.1, 0.15) is 5.82 Å². The Morgan fingerprint density at radius 1 is 1.50 bits per heavy atom. The van der Waals surface area contributed by atoms with E-state index in [1.165, 1.54) is 6.20 Å². The molecule has 0 atom stereocenters. The van der Waals surface area contributed by atoms with E-state index in [1.807, 2.05) is 20.9 Å². The second-order valence-electron chi connectivity index (χ2n) is 4.50. The van der Waals surface area contributed by atoms with Crippen LogP contribution >= 0.6 is 0 Å². The van der Waals surface area contributed by atoms with Crippen LogP contribution < -0.4 is 5.73 Å². The Balaban J connectivity index is 2.90. The molecule has 1 rings (SSSR count). The molecule has 0 saturated heterocycles. The number of hydrogen-bond acceptors (Lipinski definition) is 3. The summed E-state index contributed by atoms with van der Waals surface area (Å²) in [5.41, 5.74) is 5.89. The SMILES string of the molecule is CCC(C)(C)N(C)C(=O)c1ccc(N)nc1. The van der Waals surface area contributed by atoms with Crippen LogP contribution in [0.3, 0.4) is 0 Å². The maximum atomic E-state index is 12.1. The van der Waals surface area contributed by atoms with Crippen LogP contribution in [0.4, 0.5) is 5.82 Å². The van der Waals surface area contributed by atoms with Gasteiger partial charge in [0.15, 0.2) is 0 Å². The van der Waals surface area contributed by atoms with Gasteiger partial charge in [-0.1, -0.05) is 6.92 Å². The van der Waals surface area contributed by atoms with Gasteiger partial charge in [-0.25, -0.2) is 4.98 Å². The highest BCUT2D eigenvalue weighted by atomic mass is 16.2. The average molecular weight is 221 g/mol. The molecular weight excluding hydrogens is 202 g/mol. The van der Waals surface area contributed by atoms with Crippen molar-refractivity contribution in [3.8, 4) is 0 Å². The number of carbonyl (C=O) groups excluding carboxylic acids is 1. The van der Waals surface area contributed by atoms with Crippen molar-refractivity contribution in [3.63, 3.8) is 0 Å². The van der Waals surface area contributed by atoms with Crippen LogP contribution in [0.15, 0.2) is 18.3 Å². The number of aromatic nitrogens is 1. The summed E-state index contributed by atoms with van der Waals surface area (Å²) < 4.78 is 0. The van der Waals surface area contributed by atoms with Crippen LogP contribution in [-0.2, 0) is 0 Å². The molecule has 0 saturated carbocycles. The van der Waals surface area contributed by atoms with Gasteiger partial charge in [-0.05, 0) is 32.4 Å². The third-order valence-electron chi connectivity index (χ3n) is 3.11. The summed E-state index contributed by atoms with van der Waals surface area (Å²) in [6.07, 6.45) is 2.41. The van der Waals surface area contributed by atoms with E-state index in [9.17, 15) is 4.79 Å². The number of nitrogens with zero attached hydrogens (tertiary/aromatic N) is 2. The lowest BCUT2D eigenvalue weighted by molar-refractivity contribution is 0.0620. The van der Waals surface area contributed by atoms with Crippen molar-refractivity contribution in [2.75, 3.05) is 12.8 Å². The number of carbonyl (C=O) groups is 1. The number of pyridine rings is 1. The van der Waals surface area contributed by atoms with E-state index < -0.39 is 0 Å². The van der Waals surface area contributed by atoms with E-state index in [1.54, 1.807) is 17.0 Å². The fourth-order valence-corrected chi connectivity index (χ4v) is 1.24. The van der Waals surface area contributed by atoms with E-state index in [-0.39, 0.29) is 11.4 Å². The summed E-state index contributed by atoms with van der Waals surface area (Å²) in [5, 5.41) is 0. The molecule has 0 aliphatic carbocycles. The summed E-state index contributed by atoms with van der Waals surface area (Å²) in [6, 6.07) is 3.34. The van der Waals surface area contributed by atoms with E-state index >= 15 is 0 Å². The Bertz CT molecular complexity index is 370.